The number of nitro benzene ring substituents is 1. The molecule has 0 aliphatic carbocycles. The first-order chi connectivity index (χ1) is 14.0. The lowest BCUT2D eigenvalue weighted by Gasteiger charge is -2.10. The number of para-hydroxylation sites is 1. The molecule has 146 valence electrons. The Morgan fingerprint density at radius 1 is 1.21 bits per heavy atom. The highest BCUT2D eigenvalue weighted by atomic mass is 19.1. The van der Waals surface area contributed by atoms with E-state index in [0.717, 1.165) is 34.2 Å². The van der Waals surface area contributed by atoms with Gasteiger partial charge in [-0.15, -0.1) is 0 Å². The first-order valence-electron chi connectivity index (χ1n) is 8.63. The summed E-state index contributed by atoms with van der Waals surface area (Å²) in [5.41, 5.74) is 2.43. The average Bonchev–Trinajstić information content (AvgIpc) is 3.06. The zero-order chi connectivity index (χ0) is 20.5. The van der Waals surface area contributed by atoms with E-state index in [0.29, 0.717) is 0 Å². The minimum Gasteiger partial charge on any atom is -0.494 e. The first-order valence-corrected chi connectivity index (χ1v) is 8.63. The van der Waals surface area contributed by atoms with Crippen LogP contribution < -0.4 is 10.1 Å². The maximum atomic E-state index is 13.8. The van der Waals surface area contributed by atoms with Crippen LogP contribution in [0.15, 0.2) is 55.0 Å². The number of halogens is 1. The maximum Gasteiger partial charge on any atom is 0.307 e. The van der Waals surface area contributed by atoms with E-state index in [1.54, 1.807) is 12.4 Å². The van der Waals surface area contributed by atoms with Crippen LogP contribution in [-0.4, -0.2) is 26.6 Å². The number of nitrogens with one attached hydrogen (secondary N) is 1. The van der Waals surface area contributed by atoms with Gasteiger partial charge in [-0.3, -0.25) is 10.1 Å². The summed E-state index contributed by atoms with van der Waals surface area (Å²) in [4.78, 5) is 18.8. The van der Waals surface area contributed by atoms with Crippen molar-refractivity contribution in [2.45, 2.75) is 0 Å². The van der Waals surface area contributed by atoms with Crippen LogP contribution >= 0.6 is 0 Å². The van der Waals surface area contributed by atoms with Gasteiger partial charge in [0.05, 0.1) is 17.7 Å². The van der Waals surface area contributed by atoms with Crippen LogP contribution in [0, 0.1) is 15.9 Å². The Balaban J connectivity index is 1.67. The van der Waals surface area contributed by atoms with Gasteiger partial charge >= 0.3 is 5.69 Å². The largest absolute Gasteiger partial charge is 0.494 e. The number of benzene rings is 2. The molecule has 0 amide bonds. The molecule has 0 bridgehead atoms. The first kappa shape index (κ1) is 18.4. The van der Waals surface area contributed by atoms with E-state index >= 15 is 0 Å². The lowest BCUT2D eigenvalue weighted by atomic mass is 10.1. The molecule has 0 spiro atoms. The van der Waals surface area contributed by atoms with E-state index in [1.807, 2.05) is 42.1 Å². The van der Waals surface area contributed by atoms with Gasteiger partial charge < -0.3 is 14.6 Å². The van der Waals surface area contributed by atoms with Crippen LogP contribution in [0.3, 0.4) is 0 Å². The summed E-state index contributed by atoms with van der Waals surface area (Å²) in [6, 6.07) is 10.0. The van der Waals surface area contributed by atoms with Crippen molar-refractivity contribution in [3.05, 3.63) is 70.9 Å². The summed E-state index contributed by atoms with van der Waals surface area (Å²) in [5.74, 6) is -0.673. The monoisotopic (exact) mass is 393 g/mol. The molecule has 0 atom stereocenters. The third-order valence-electron chi connectivity index (χ3n) is 4.57. The molecule has 0 aliphatic heterocycles. The Morgan fingerprint density at radius 3 is 2.62 bits per heavy atom. The normalized spacial score (nSPS) is 10.9. The number of nitrogens with zero attached hydrogens (tertiary/aromatic N) is 4. The molecular weight excluding hydrogens is 377 g/mol. The van der Waals surface area contributed by atoms with Crippen molar-refractivity contribution in [1.82, 2.24) is 14.5 Å². The Hall–Kier alpha value is -4.01. The van der Waals surface area contributed by atoms with Crippen molar-refractivity contribution in [3.63, 3.8) is 0 Å². The molecule has 2 aromatic heterocycles. The van der Waals surface area contributed by atoms with E-state index in [2.05, 4.69) is 15.3 Å². The van der Waals surface area contributed by atoms with E-state index in [1.165, 1.54) is 7.11 Å². The van der Waals surface area contributed by atoms with Gasteiger partial charge in [-0.25, -0.2) is 9.97 Å². The Morgan fingerprint density at radius 2 is 1.93 bits per heavy atom. The van der Waals surface area contributed by atoms with Gasteiger partial charge in [-0.2, -0.15) is 4.39 Å². The van der Waals surface area contributed by atoms with Crippen molar-refractivity contribution in [1.29, 1.82) is 0 Å². The molecule has 1 N–H and O–H groups in total. The van der Waals surface area contributed by atoms with E-state index in [4.69, 9.17) is 4.74 Å². The van der Waals surface area contributed by atoms with Crippen molar-refractivity contribution < 1.29 is 14.1 Å². The van der Waals surface area contributed by atoms with Crippen LogP contribution in [0.5, 0.6) is 5.75 Å². The summed E-state index contributed by atoms with van der Waals surface area (Å²) in [5, 5.41) is 14.9. The molecule has 8 nitrogen and oxygen atoms in total. The molecule has 2 aromatic carbocycles. The SMILES string of the molecule is COc1cc(F)c([N+](=O)[O-])cc1Nc1ncc(-c2cn(C)c3ccccc23)cn1. The predicted octanol–water partition coefficient (Wildman–Crippen LogP) is 4.43. The molecule has 0 fully saturated rings. The number of hydrogen-bond donors (Lipinski definition) is 1. The fraction of sp³-hybridized carbons (Fsp3) is 0.100. The van der Waals surface area contributed by atoms with E-state index < -0.39 is 16.4 Å². The van der Waals surface area contributed by atoms with Gasteiger partial charge in [0.25, 0.3) is 0 Å². The van der Waals surface area contributed by atoms with Gasteiger partial charge in [0.1, 0.15) is 5.75 Å². The smallest absolute Gasteiger partial charge is 0.307 e. The summed E-state index contributed by atoms with van der Waals surface area (Å²) >= 11 is 0. The van der Waals surface area contributed by atoms with Crippen LogP contribution in [0.2, 0.25) is 0 Å². The highest BCUT2D eigenvalue weighted by Gasteiger charge is 2.19. The van der Waals surface area contributed by atoms with Crippen molar-refractivity contribution in [2.75, 3.05) is 12.4 Å². The minimum absolute atomic E-state index is 0.106. The number of aryl methyl sites for hydroxylation is 1. The number of hydrogen-bond acceptors (Lipinski definition) is 6. The highest BCUT2D eigenvalue weighted by Crippen LogP contribution is 2.34. The number of aromatic nitrogens is 3. The van der Waals surface area contributed by atoms with Crippen LogP contribution in [0.25, 0.3) is 22.0 Å². The third kappa shape index (κ3) is 3.33. The zero-order valence-electron chi connectivity index (χ0n) is 15.6. The van der Waals surface area contributed by atoms with Crippen molar-refractivity contribution in [3.8, 4) is 16.9 Å². The number of methoxy groups -OCH3 is 1. The second-order valence-corrected chi connectivity index (χ2v) is 6.35. The summed E-state index contributed by atoms with van der Waals surface area (Å²) in [6.45, 7) is 0. The molecule has 0 aliphatic rings. The average molecular weight is 393 g/mol. The van der Waals surface area contributed by atoms with Gasteiger partial charge in [-0.1, -0.05) is 18.2 Å². The molecule has 2 heterocycles. The second-order valence-electron chi connectivity index (χ2n) is 6.35. The molecule has 29 heavy (non-hydrogen) atoms. The fourth-order valence-electron chi connectivity index (χ4n) is 3.17. The number of ether oxygens (including phenoxy) is 1. The number of nitro groups is 1. The van der Waals surface area contributed by atoms with E-state index in [-0.39, 0.29) is 17.4 Å². The molecule has 0 unspecified atom stereocenters. The molecule has 4 aromatic rings. The lowest BCUT2D eigenvalue weighted by molar-refractivity contribution is -0.387. The molecule has 0 saturated carbocycles. The summed E-state index contributed by atoms with van der Waals surface area (Å²) in [7, 11) is 3.31. The molecule has 4 rings (SSSR count). The van der Waals surface area contributed by atoms with Gasteiger partial charge in [-0.05, 0) is 6.07 Å². The second kappa shape index (κ2) is 7.19. The molecule has 0 saturated heterocycles. The number of rotatable bonds is 5. The fourth-order valence-corrected chi connectivity index (χ4v) is 3.17. The van der Waals surface area contributed by atoms with Crippen LogP contribution in [0.4, 0.5) is 21.7 Å². The molecular formula is C20H16FN5O3. The van der Waals surface area contributed by atoms with E-state index in [9.17, 15) is 14.5 Å². The van der Waals surface area contributed by atoms with Gasteiger partial charge in [0.2, 0.25) is 11.8 Å². The summed E-state index contributed by atoms with van der Waals surface area (Å²) < 4.78 is 20.9. The molecule has 9 heteroatoms. The number of anilines is 2. The standard InChI is InChI=1S/C20H16FN5O3/c1-25-11-14(13-5-3-4-6-17(13)25)12-9-22-20(23-10-12)24-16-8-18(26(27)28)15(21)7-19(16)29-2/h3-11H,1-2H3,(H,22,23,24). The van der Waals surface area contributed by atoms with Crippen LogP contribution in [-0.2, 0) is 7.05 Å². The van der Waals surface area contributed by atoms with Gasteiger partial charge in [0, 0.05) is 59.8 Å². The lowest BCUT2D eigenvalue weighted by Crippen LogP contribution is -2.02. The number of fused-ring (bicyclic) bond motifs is 1. The minimum atomic E-state index is -0.982. The maximum absolute atomic E-state index is 13.8. The highest BCUT2D eigenvalue weighted by molar-refractivity contribution is 5.95. The molecule has 0 radical (unpaired) electrons. The topological polar surface area (TPSA) is 95.1 Å². The van der Waals surface area contributed by atoms with Gasteiger partial charge in [0.15, 0.2) is 0 Å². The Labute approximate surface area is 164 Å². The quantitative estimate of drug-likeness (QED) is 0.398. The Bertz CT molecular complexity index is 1220. The predicted molar refractivity (Wildman–Crippen MR) is 107 cm³/mol. The van der Waals surface area contributed by atoms with Crippen molar-refractivity contribution in [2.24, 2.45) is 7.05 Å². The zero-order valence-corrected chi connectivity index (χ0v) is 15.6. The summed E-state index contributed by atoms with van der Waals surface area (Å²) in [6.07, 6.45) is 5.31. The third-order valence-corrected chi connectivity index (χ3v) is 4.57. The van der Waals surface area contributed by atoms with Crippen LogP contribution in [0.1, 0.15) is 0 Å². The Kier molecular flexibility index (Phi) is 4.55. The van der Waals surface area contributed by atoms with Crippen molar-refractivity contribution >= 4 is 28.2 Å².